The highest BCUT2D eigenvalue weighted by Crippen LogP contribution is 2.39. The summed E-state index contributed by atoms with van der Waals surface area (Å²) in [5.74, 6) is -2.25. The second kappa shape index (κ2) is 3.91. The first-order valence-corrected chi connectivity index (χ1v) is 6.83. The van der Waals surface area contributed by atoms with Crippen LogP contribution in [0.4, 0.5) is 0 Å². The third-order valence-corrected chi connectivity index (χ3v) is 5.42. The molecule has 0 aromatic carbocycles. The number of β-lactam (4-membered cyclic amide) rings is 1. The molecule has 0 unspecified atom stereocenters. The van der Waals surface area contributed by atoms with Crippen LogP contribution in [0.25, 0.3) is 0 Å². The number of nitrogens with zero attached hydrogens (tertiary/aromatic N) is 1. The molecule has 0 radical (unpaired) electrons. The normalized spacial score (nSPS) is 33.3. The van der Waals surface area contributed by atoms with Gasteiger partial charge in [-0.05, 0) is 13.0 Å². The molecule has 8 heteroatoms. The minimum Gasteiger partial charge on any atom is -0.480 e. The number of rotatable bonds is 3. The maximum atomic E-state index is 12.0. The van der Waals surface area contributed by atoms with Gasteiger partial charge in [0, 0.05) is 0 Å². The fourth-order valence-electron chi connectivity index (χ4n) is 2.23. The minimum atomic E-state index is -3.77. The third-order valence-electron chi connectivity index (χ3n) is 3.09. The lowest BCUT2D eigenvalue weighted by Crippen LogP contribution is -2.56. The minimum absolute atomic E-state index is 0.184. The zero-order valence-corrected chi connectivity index (χ0v) is 10.3. The molecule has 98 valence electrons. The van der Waals surface area contributed by atoms with Crippen LogP contribution < -0.4 is 0 Å². The molecule has 0 saturated carbocycles. The number of carboxylic acids is 1. The van der Waals surface area contributed by atoms with Crippen molar-refractivity contribution in [2.75, 3.05) is 0 Å². The van der Waals surface area contributed by atoms with Crippen LogP contribution in [0.1, 0.15) is 13.3 Å². The van der Waals surface area contributed by atoms with Gasteiger partial charge in [0.1, 0.15) is 10.6 Å². The van der Waals surface area contributed by atoms with E-state index in [9.17, 15) is 22.8 Å². The molecule has 2 rings (SSSR count). The topological polar surface area (TPSA) is 109 Å². The number of aliphatic carboxylic acids is 1. The van der Waals surface area contributed by atoms with Gasteiger partial charge in [-0.25, -0.2) is 13.2 Å². The maximum Gasteiger partial charge on any atom is 0.328 e. The van der Waals surface area contributed by atoms with Crippen molar-refractivity contribution < 1.29 is 27.9 Å². The molecular formula is C10H11NO6S. The van der Waals surface area contributed by atoms with Crippen molar-refractivity contribution in [2.24, 2.45) is 0 Å². The number of ketones is 1. The molecule has 2 aliphatic heterocycles. The van der Waals surface area contributed by atoms with Gasteiger partial charge in [0.15, 0.2) is 21.7 Å². The number of allylic oxidation sites excluding steroid dienone is 1. The first kappa shape index (κ1) is 12.7. The van der Waals surface area contributed by atoms with Crippen molar-refractivity contribution in [3.63, 3.8) is 0 Å². The van der Waals surface area contributed by atoms with E-state index in [0.29, 0.717) is 0 Å². The van der Waals surface area contributed by atoms with Gasteiger partial charge in [-0.15, -0.1) is 0 Å². The molecule has 1 amide bonds. The fourth-order valence-corrected chi connectivity index (χ4v) is 4.44. The van der Waals surface area contributed by atoms with Crippen LogP contribution in [0.3, 0.4) is 0 Å². The fraction of sp³-hybridized carbons (Fsp3) is 0.500. The van der Waals surface area contributed by atoms with Crippen molar-refractivity contribution in [3.05, 3.63) is 12.2 Å². The number of amides is 1. The standard InChI is InChI=1S/C10H11NO6S/c1-5(12)2-3-6-9(10(14)15)11-7(13)4-8(11)18(6,16)17/h2-3,6,8-9H,4H2,1H3,(H,14,15)/b3-2+/t6-,8+,9+/m0/s1. The Morgan fingerprint density at radius 3 is 2.50 bits per heavy atom. The van der Waals surface area contributed by atoms with Crippen LogP contribution in [0.2, 0.25) is 0 Å². The van der Waals surface area contributed by atoms with Crippen LogP contribution in [-0.2, 0) is 24.2 Å². The van der Waals surface area contributed by atoms with E-state index < -0.39 is 38.4 Å². The molecular weight excluding hydrogens is 262 g/mol. The van der Waals surface area contributed by atoms with Gasteiger partial charge in [-0.1, -0.05) is 6.08 Å². The summed E-state index contributed by atoms with van der Waals surface area (Å²) in [5.41, 5.74) is 0. The SMILES string of the molecule is CC(=O)/C=C/[C@H]1[C@H](C(=O)O)N2C(=O)C[C@H]2S1(=O)=O. The molecule has 2 aliphatic rings. The molecule has 2 heterocycles. The van der Waals surface area contributed by atoms with E-state index in [1.807, 2.05) is 0 Å². The van der Waals surface area contributed by atoms with E-state index in [1.165, 1.54) is 6.92 Å². The summed E-state index contributed by atoms with van der Waals surface area (Å²) in [4.78, 5) is 34.1. The predicted octanol–water partition coefficient (Wildman–Crippen LogP) is -1.06. The summed E-state index contributed by atoms with van der Waals surface area (Å²) in [6.07, 6.45) is 1.90. The van der Waals surface area contributed by atoms with Crippen LogP contribution in [0, 0.1) is 0 Å². The Hall–Kier alpha value is -1.70. The summed E-state index contributed by atoms with van der Waals surface area (Å²) < 4.78 is 24.0. The van der Waals surface area contributed by atoms with Gasteiger partial charge in [-0.3, -0.25) is 9.59 Å². The average Bonchev–Trinajstić information content (AvgIpc) is 2.40. The molecule has 3 atom stereocenters. The zero-order chi connectivity index (χ0) is 13.7. The lowest BCUT2D eigenvalue weighted by Gasteiger charge is -2.34. The van der Waals surface area contributed by atoms with E-state index in [2.05, 4.69) is 0 Å². The number of carbonyl (C=O) groups is 3. The second-order valence-corrected chi connectivity index (χ2v) is 6.53. The van der Waals surface area contributed by atoms with Crippen LogP contribution in [0.15, 0.2) is 12.2 Å². The van der Waals surface area contributed by atoms with Crippen molar-refractivity contribution in [1.29, 1.82) is 0 Å². The Morgan fingerprint density at radius 1 is 1.44 bits per heavy atom. The molecule has 18 heavy (non-hydrogen) atoms. The maximum absolute atomic E-state index is 12.0. The number of sulfone groups is 1. The second-order valence-electron chi connectivity index (χ2n) is 4.27. The first-order valence-electron chi connectivity index (χ1n) is 5.22. The highest BCUT2D eigenvalue weighted by Gasteiger charge is 2.62. The molecule has 2 saturated heterocycles. The molecule has 0 aromatic rings. The van der Waals surface area contributed by atoms with Gasteiger partial charge >= 0.3 is 5.97 Å². The van der Waals surface area contributed by atoms with Gasteiger partial charge in [-0.2, -0.15) is 0 Å². The molecule has 2 fully saturated rings. The number of hydrogen-bond donors (Lipinski definition) is 1. The Bertz CT molecular complexity index is 563. The van der Waals surface area contributed by atoms with E-state index in [1.54, 1.807) is 0 Å². The average molecular weight is 273 g/mol. The Kier molecular flexibility index (Phi) is 2.77. The van der Waals surface area contributed by atoms with Gasteiger partial charge in [0.05, 0.1) is 6.42 Å². The Labute approximate surface area is 103 Å². The van der Waals surface area contributed by atoms with Gasteiger partial charge in [0.25, 0.3) is 0 Å². The van der Waals surface area contributed by atoms with Crippen molar-refractivity contribution >= 4 is 27.5 Å². The van der Waals surface area contributed by atoms with E-state index in [0.717, 1.165) is 17.1 Å². The smallest absolute Gasteiger partial charge is 0.328 e. The number of carbonyl (C=O) groups excluding carboxylic acids is 2. The van der Waals surface area contributed by atoms with E-state index in [-0.39, 0.29) is 12.2 Å². The first-order chi connectivity index (χ1) is 8.26. The monoisotopic (exact) mass is 273 g/mol. The van der Waals surface area contributed by atoms with Crippen molar-refractivity contribution in [2.45, 2.75) is 30.0 Å². The summed E-state index contributed by atoms with van der Waals surface area (Å²) in [7, 11) is -3.77. The van der Waals surface area contributed by atoms with Crippen LogP contribution in [-0.4, -0.2) is 52.7 Å². The Morgan fingerprint density at radius 2 is 2.06 bits per heavy atom. The molecule has 7 nitrogen and oxygen atoms in total. The highest BCUT2D eigenvalue weighted by molar-refractivity contribution is 7.93. The third kappa shape index (κ3) is 1.64. The molecule has 0 aliphatic carbocycles. The van der Waals surface area contributed by atoms with E-state index in [4.69, 9.17) is 5.11 Å². The molecule has 0 aromatic heterocycles. The summed E-state index contributed by atoms with van der Waals surface area (Å²) in [5, 5.41) is 6.63. The van der Waals surface area contributed by atoms with E-state index >= 15 is 0 Å². The van der Waals surface area contributed by atoms with Gasteiger partial charge in [0.2, 0.25) is 5.91 Å². The highest BCUT2D eigenvalue weighted by atomic mass is 32.2. The van der Waals surface area contributed by atoms with Crippen molar-refractivity contribution in [3.8, 4) is 0 Å². The van der Waals surface area contributed by atoms with Crippen LogP contribution in [0.5, 0.6) is 0 Å². The zero-order valence-electron chi connectivity index (χ0n) is 9.44. The quantitative estimate of drug-likeness (QED) is 0.518. The lowest BCUT2D eigenvalue weighted by molar-refractivity contribution is -0.155. The molecule has 0 bridgehead atoms. The number of carboxylic acid groups (broad SMARTS) is 1. The summed E-state index contributed by atoms with van der Waals surface area (Å²) >= 11 is 0. The summed E-state index contributed by atoms with van der Waals surface area (Å²) in [6.45, 7) is 1.23. The number of hydrogen-bond acceptors (Lipinski definition) is 5. The molecule has 0 spiro atoms. The molecule has 1 N–H and O–H groups in total. The summed E-state index contributed by atoms with van der Waals surface area (Å²) in [6, 6.07) is -1.43. The largest absolute Gasteiger partial charge is 0.480 e. The predicted molar refractivity (Wildman–Crippen MR) is 59.2 cm³/mol. The number of fused-ring (bicyclic) bond motifs is 1. The lowest BCUT2D eigenvalue weighted by atomic mass is 10.1. The van der Waals surface area contributed by atoms with Gasteiger partial charge < -0.3 is 10.0 Å². The van der Waals surface area contributed by atoms with Crippen LogP contribution >= 0.6 is 0 Å². The Balaban J connectivity index is 2.44. The van der Waals surface area contributed by atoms with Crippen molar-refractivity contribution in [1.82, 2.24) is 4.90 Å².